The van der Waals surface area contributed by atoms with Crippen LogP contribution in [-0.4, -0.2) is 19.4 Å². The van der Waals surface area contributed by atoms with Gasteiger partial charge in [-0.3, -0.25) is 0 Å². The summed E-state index contributed by atoms with van der Waals surface area (Å²) >= 11 is 12.1. The van der Waals surface area contributed by atoms with E-state index in [1.54, 1.807) is 19.4 Å². The van der Waals surface area contributed by atoms with Crippen LogP contribution in [0, 0.1) is 0 Å². The average molecular weight is 367 g/mol. The predicted octanol–water partition coefficient (Wildman–Crippen LogP) is 4.91. The number of ether oxygens (including phenoxy) is 2. The van der Waals surface area contributed by atoms with Gasteiger partial charge in [-0.05, 0) is 49.2 Å². The highest BCUT2D eigenvalue weighted by Gasteiger charge is 2.12. The molecule has 0 aliphatic heterocycles. The summed E-state index contributed by atoms with van der Waals surface area (Å²) < 4.78 is 11.0. The van der Waals surface area contributed by atoms with Crippen LogP contribution in [-0.2, 0) is 6.54 Å². The van der Waals surface area contributed by atoms with Gasteiger partial charge in [0.1, 0.15) is 0 Å². The fourth-order valence-corrected chi connectivity index (χ4v) is 2.41. The van der Waals surface area contributed by atoms with Crippen LogP contribution in [0.5, 0.6) is 11.5 Å². The van der Waals surface area contributed by atoms with Gasteiger partial charge in [-0.2, -0.15) is 5.10 Å². The molecule has 128 valence electrons. The quantitative estimate of drug-likeness (QED) is 0.558. The Bertz CT molecular complexity index is 701. The number of halogens is 2. The second-order valence-electron chi connectivity index (χ2n) is 5.42. The van der Waals surface area contributed by atoms with E-state index < -0.39 is 0 Å². The zero-order chi connectivity index (χ0) is 17.5. The molecular formula is C18H20Cl2N2O2. The molecule has 6 heteroatoms. The molecule has 2 aromatic carbocycles. The van der Waals surface area contributed by atoms with E-state index in [1.807, 2.05) is 44.2 Å². The molecule has 1 N–H and O–H groups in total. The molecule has 0 aliphatic rings. The molecule has 4 nitrogen and oxygen atoms in total. The number of hydrogen-bond donors (Lipinski definition) is 1. The van der Waals surface area contributed by atoms with E-state index in [4.69, 9.17) is 32.7 Å². The molecule has 0 saturated carbocycles. The summed E-state index contributed by atoms with van der Waals surface area (Å²) in [5.74, 6) is 1.12. The zero-order valence-corrected chi connectivity index (χ0v) is 15.4. The Labute approximate surface area is 152 Å². The van der Waals surface area contributed by atoms with Crippen LogP contribution in [0.3, 0.4) is 0 Å². The molecule has 0 aromatic heterocycles. The number of benzene rings is 2. The lowest BCUT2D eigenvalue weighted by atomic mass is 10.2. The molecular weight excluding hydrogens is 347 g/mol. The molecule has 0 aliphatic carbocycles. The number of hydrazone groups is 1. The van der Waals surface area contributed by atoms with Crippen molar-refractivity contribution in [1.82, 2.24) is 5.43 Å². The minimum atomic E-state index is 0.0111. The van der Waals surface area contributed by atoms with E-state index >= 15 is 0 Å². The van der Waals surface area contributed by atoms with Crippen molar-refractivity contribution in [2.24, 2.45) is 5.10 Å². The van der Waals surface area contributed by atoms with Crippen LogP contribution in [0.2, 0.25) is 10.0 Å². The molecule has 0 unspecified atom stereocenters. The highest BCUT2D eigenvalue weighted by molar-refractivity contribution is 6.32. The van der Waals surface area contributed by atoms with Crippen molar-refractivity contribution in [3.05, 3.63) is 57.6 Å². The lowest BCUT2D eigenvalue weighted by Gasteiger charge is -2.15. The summed E-state index contributed by atoms with van der Waals surface area (Å²) in [4.78, 5) is 0. The van der Waals surface area contributed by atoms with E-state index in [0.29, 0.717) is 28.1 Å². The summed E-state index contributed by atoms with van der Waals surface area (Å²) in [6, 6.07) is 11.2. The van der Waals surface area contributed by atoms with Crippen molar-refractivity contribution < 1.29 is 9.47 Å². The lowest BCUT2D eigenvalue weighted by Crippen LogP contribution is -2.08. The van der Waals surface area contributed by atoms with Gasteiger partial charge in [0.2, 0.25) is 0 Å². The maximum absolute atomic E-state index is 6.28. The first-order chi connectivity index (χ1) is 11.5. The molecule has 0 spiro atoms. The third-order valence-corrected chi connectivity index (χ3v) is 3.64. The van der Waals surface area contributed by atoms with Crippen molar-refractivity contribution in [1.29, 1.82) is 0 Å². The van der Waals surface area contributed by atoms with Crippen LogP contribution in [0.25, 0.3) is 0 Å². The van der Waals surface area contributed by atoms with Gasteiger partial charge >= 0.3 is 0 Å². The van der Waals surface area contributed by atoms with Gasteiger partial charge in [0.05, 0.1) is 31.0 Å². The van der Waals surface area contributed by atoms with E-state index in [1.165, 1.54) is 0 Å². The van der Waals surface area contributed by atoms with Crippen molar-refractivity contribution >= 4 is 29.4 Å². The maximum atomic E-state index is 6.28. The Hall–Kier alpha value is -1.91. The number of rotatable bonds is 7. The topological polar surface area (TPSA) is 42.8 Å². The second kappa shape index (κ2) is 8.81. The molecule has 0 amide bonds. The Balaban J connectivity index is 2.03. The molecule has 24 heavy (non-hydrogen) atoms. The number of methoxy groups -OCH3 is 1. The van der Waals surface area contributed by atoms with Crippen LogP contribution in [0.15, 0.2) is 41.5 Å². The van der Waals surface area contributed by atoms with Crippen molar-refractivity contribution in [2.45, 2.75) is 26.5 Å². The first-order valence-corrected chi connectivity index (χ1v) is 8.29. The van der Waals surface area contributed by atoms with E-state index in [-0.39, 0.29) is 6.10 Å². The van der Waals surface area contributed by atoms with Gasteiger partial charge < -0.3 is 14.9 Å². The van der Waals surface area contributed by atoms with Crippen molar-refractivity contribution in [3.8, 4) is 11.5 Å². The summed E-state index contributed by atoms with van der Waals surface area (Å²) in [5.41, 5.74) is 4.89. The van der Waals surface area contributed by atoms with Gasteiger partial charge in [0, 0.05) is 5.02 Å². The van der Waals surface area contributed by atoms with Crippen LogP contribution >= 0.6 is 23.2 Å². The second-order valence-corrected chi connectivity index (χ2v) is 6.26. The average Bonchev–Trinajstić information content (AvgIpc) is 2.55. The highest BCUT2D eigenvalue weighted by atomic mass is 35.5. The Morgan fingerprint density at radius 3 is 2.50 bits per heavy atom. The molecule has 0 bridgehead atoms. The Morgan fingerprint density at radius 2 is 1.88 bits per heavy atom. The summed E-state index contributed by atoms with van der Waals surface area (Å²) in [5, 5.41) is 5.41. The molecule has 0 heterocycles. The molecule has 2 aromatic rings. The Morgan fingerprint density at radius 1 is 1.17 bits per heavy atom. The van der Waals surface area contributed by atoms with Gasteiger partial charge in [-0.15, -0.1) is 0 Å². The number of nitrogens with zero attached hydrogens (tertiary/aromatic N) is 1. The molecule has 0 saturated heterocycles. The largest absolute Gasteiger partial charge is 0.493 e. The lowest BCUT2D eigenvalue weighted by molar-refractivity contribution is 0.230. The maximum Gasteiger partial charge on any atom is 0.180 e. The van der Waals surface area contributed by atoms with Crippen LogP contribution in [0.1, 0.15) is 25.0 Å². The predicted molar refractivity (Wildman–Crippen MR) is 99.7 cm³/mol. The minimum Gasteiger partial charge on any atom is -0.493 e. The number of hydrogen-bond acceptors (Lipinski definition) is 4. The smallest absolute Gasteiger partial charge is 0.180 e. The minimum absolute atomic E-state index is 0.0111. The first kappa shape index (κ1) is 18.4. The third-order valence-electron chi connectivity index (χ3n) is 3.11. The Kier molecular flexibility index (Phi) is 6.76. The highest BCUT2D eigenvalue weighted by Crippen LogP contribution is 2.36. The molecule has 0 atom stereocenters. The summed E-state index contributed by atoms with van der Waals surface area (Å²) in [7, 11) is 1.58. The molecule has 0 fully saturated rings. The van der Waals surface area contributed by atoms with Gasteiger partial charge in [0.25, 0.3) is 0 Å². The van der Waals surface area contributed by atoms with Crippen molar-refractivity contribution in [3.63, 3.8) is 0 Å². The van der Waals surface area contributed by atoms with E-state index in [9.17, 15) is 0 Å². The van der Waals surface area contributed by atoms with Crippen LogP contribution in [0.4, 0.5) is 0 Å². The fraction of sp³-hybridized carbons (Fsp3) is 0.278. The number of nitrogens with one attached hydrogen (secondary N) is 1. The standard InChI is InChI=1S/C18H20Cl2N2O2/c1-12(2)24-18-16(20)8-14(9-17(18)23-3)11-22-21-10-13-4-6-15(19)7-5-13/h4-9,11-12,21H,10H2,1-3H3/b22-11-. The summed E-state index contributed by atoms with van der Waals surface area (Å²) in [6.45, 7) is 4.48. The third kappa shape index (κ3) is 5.32. The van der Waals surface area contributed by atoms with E-state index in [2.05, 4.69) is 10.5 Å². The van der Waals surface area contributed by atoms with E-state index in [0.717, 1.165) is 11.1 Å². The first-order valence-electron chi connectivity index (χ1n) is 7.54. The van der Waals surface area contributed by atoms with Crippen LogP contribution < -0.4 is 14.9 Å². The zero-order valence-electron chi connectivity index (χ0n) is 13.8. The normalized spacial score (nSPS) is 11.1. The van der Waals surface area contributed by atoms with Gasteiger partial charge in [-0.1, -0.05) is 35.3 Å². The van der Waals surface area contributed by atoms with Gasteiger partial charge in [-0.25, -0.2) is 0 Å². The fourth-order valence-electron chi connectivity index (χ4n) is 2.02. The summed E-state index contributed by atoms with van der Waals surface area (Å²) in [6.07, 6.45) is 1.70. The monoisotopic (exact) mass is 366 g/mol. The molecule has 2 rings (SSSR count). The molecule has 0 radical (unpaired) electrons. The van der Waals surface area contributed by atoms with Crippen molar-refractivity contribution in [2.75, 3.05) is 7.11 Å². The van der Waals surface area contributed by atoms with Gasteiger partial charge in [0.15, 0.2) is 11.5 Å². The SMILES string of the molecule is COc1cc(/C=N\NCc2ccc(Cl)cc2)cc(Cl)c1OC(C)C.